The third kappa shape index (κ3) is 3.62. The Labute approximate surface area is 157 Å². The number of allylic oxidation sites excluding steroid dienone is 1. The molecular weight excluding hydrogens is 400 g/mol. The summed E-state index contributed by atoms with van der Waals surface area (Å²) in [5, 5.41) is -0.727. The molecule has 2 nitrogen and oxygen atoms in total. The molecule has 1 saturated carbocycles. The first-order valence-electron chi connectivity index (χ1n) is 7.04. The van der Waals surface area contributed by atoms with Crippen molar-refractivity contribution in [3.63, 3.8) is 0 Å². The summed E-state index contributed by atoms with van der Waals surface area (Å²) in [5.74, 6) is -4.12. The minimum absolute atomic E-state index is 0.0106. The summed E-state index contributed by atoms with van der Waals surface area (Å²) in [6.07, 6.45) is 6.43. The van der Waals surface area contributed by atoms with Gasteiger partial charge in [0.15, 0.2) is 17.5 Å². The highest BCUT2D eigenvalue weighted by atomic mass is 35.5. The molecule has 0 aromatic heterocycles. The second-order valence-corrected chi connectivity index (χ2v) is 7.53. The molecule has 134 valence electrons. The molecule has 0 saturated heterocycles. The van der Waals surface area contributed by atoms with Crippen LogP contribution in [0.4, 0.5) is 13.2 Å². The first kappa shape index (κ1) is 20.0. The van der Waals surface area contributed by atoms with Crippen molar-refractivity contribution in [2.24, 2.45) is 17.3 Å². The highest BCUT2D eigenvalue weighted by Crippen LogP contribution is 2.60. The lowest BCUT2D eigenvalue weighted by molar-refractivity contribution is -0.147. The van der Waals surface area contributed by atoms with Crippen molar-refractivity contribution in [2.45, 2.75) is 20.5 Å². The first-order chi connectivity index (χ1) is 11.5. The van der Waals surface area contributed by atoms with Crippen molar-refractivity contribution in [2.75, 3.05) is 0 Å². The molecule has 0 spiro atoms. The van der Waals surface area contributed by atoms with E-state index in [1.165, 1.54) is 6.08 Å². The lowest BCUT2D eigenvalue weighted by Gasteiger charge is -2.11. The zero-order chi connectivity index (χ0) is 19.1. The molecule has 2 atom stereocenters. The molecule has 0 unspecified atom stereocenters. The number of carbonyl (C=O) groups excluding carboxylic acids is 1. The number of terminal acetylenes is 1. The van der Waals surface area contributed by atoms with E-state index in [1.807, 2.05) is 0 Å². The number of hydrogen-bond donors (Lipinski definition) is 0. The average molecular weight is 412 g/mol. The van der Waals surface area contributed by atoms with Gasteiger partial charge in [0.05, 0.1) is 10.9 Å². The Bertz CT molecular complexity index is 779. The summed E-state index contributed by atoms with van der Waals surface area (Å²) in [4.78, 5) is 12.2. The fraction of sp³-hybridized carbons (Fsp3) is 0.353. The molecule has 0 aliphatic heterocycles. The lowest BCUT2D eigenvalue weighted by atomic mass is 10.1. The van der Waals surface area contributed by atoms with Crippen LogP contribution in [-0.4, -0.2) is 5.97 Å². The van der Waals surface area contributed by atoms with E-state index < -0.39 is 57.5 Å². The molecule has 8 heteroatoms. The second-order valence-electron chi connectivity index (χ2n) is 6.14. The van der Waals surface area contributed by atoms with E-state index in [0.29, 0.717) is 0 Å². The van der Waals surface area contributed by atoms with E-state index in [9.17, 15) is 18.0 Å². The summed E-state index contributed by atoms with van der Waals surface area (Å²) in [5.41, 5.74) is -1.99. The Morgan fingerprint density at radius 1 is 1.28 bits per heavy atom. The fourth-order valence-corrected chi connectivity index (χ4v) is 3.24. The van der Waals surface area contributed by atoms with Gasteiger partial charge in [-0.15, -0.1) is 6.42 Å². The summed E-state index contributed by atoms with van der Waals surface area (Å²) in [6.45, 7) is 2.86. The van der Waals surface area contributed by atoms with Crippen LogP contribution in [0.2, 0.25) is 5.02 Å². The van der Waals surface area contributed by atoms with Crippen LogP contribution in [0.25, 0.3) is 0 Å². The van der Waals surface area contributed by atoms with Gasteiger partial charge in [0.25, 0.3) is 0 Å². The van der Waals surface area contributed by atoms with E-state index in [0.717, 1.165) is 0 Å². The molecular formula is C17H12Cl3F3O2. The highest BCUT2D eigenvalue weighted by Gasteiger charge is 2.61. The Kier molecular flexibility index (Phi) is 5.68. The largest absolute Gasteiger partial charge is 0.460 e. The minimum atomic E-state index is -1.56. The molecule has 1 aromatic rings. The van der Waals surface area contributed by atoms with Gasteiger partial charge < -0.3 is 4.74 Å². The Balaban J connectivity index is 2.20. The standard InChI is InChI=1S/C17H12Cl3F3O2/c1-4-7-13(21)12(20)8(15(23)14(7)22)6-25-16(24)11-9(5-10(18)19)17(11,2)3/h1,5,9,11H,6H2,2-3H3/t9-,11+/m1/s1. The van der Waals surface area contributed by atoms with Crippen LogP contribution >= 0.6 is 34.8 Å². The van der Waals surface area contributed by atoms with Crippen molar-refractivity contribution < 1.29 is 22.7 Å². The maximum absolute atomic E-state index is 14.0. The molecule has 1 fully saturated rings. The first-order valence-corrected chi connectivity index (χ1v) is 8.18. The predicted octanol–water partition coefficient (Wildman–Crippen LogP) is 5.37. The summed E-state index contributed by atoms with van der Waals surface area (Å²) >= 11 is 16.9. The van der Waals surface area contributed by atoms with Gasteiger partial charge in [0.1, 0.15) is 16.7 Å². The monoisotopic (exact) mass is 410 g/mol. The van der Waals surface area contributed by atoms with Crippen molar-refractivity contribution in [3.05, 3.63) is 44.2 Å². The van der Waals surface area contributed by atoms with Crippen LogP contribution in [-0.2, 0) is 16.1 Å². The lowest BCUT2D eigenvalue weighted by Crippen LogP contribution is -2.13. The van der Waals surface area contributed by atoms with E-state index in [2.05, 4.69) is 0 Å². The number of rotatable bonds is 4. The third-order valence-electron chi connectivity index (χ3n) is 4.33. The van der Waals surface area contributed by atoms with Gasteiger partial charge >= 0.3 is 5.97 Å². The number of hydrogen-bond acceptors (Lipinski definition) is 2. The average Bonchev–Trinajstić information content (AvgIpc) is 3.05. The van der Waals surface area contributed by atoms with Crippen LogP contribution in [0.3, 0.4) is 0 Å². The van der Waals surface area contributed by atoms with Crippen molar-refractivity contribution >= 4 is 40.8 Å². The van der Waals surface area contributed by atoms with Gasteiger partial charge in [-0.25, -0.2) is 13.2 Å². The molecule has 0 N–H and O–H groups in total. The highest BCUT2D eigenvalue weighted by molar-refractivity contribution is 6.55. The summed E-state index contributed by atoms with van der Waals surface area (Å²) in [6, 6.07) is 0. The van der Waals surface area contributed by atoms with Crippen molar-refractivity contribution in [1.29, 1.82) is 0 Å². The van der Waals surface area contributed by atoms with Gasteiger partial charge in [0.2, 0.25) is 0 Å². The number of benzene rings is 1. The number of halogens is 6. The van der Waals surface area contributed by atoms with Crippen LogP contribution in [0, 0.1) is 47.0 Å². The smallest absolute Gasteiger partial charge is 0.310 e. The third-order valence-corrected chi connectivity index (χ3v) is 4.97. The van der Waals surface area contributed by atoms with Crippen molar-refractivity contribution in [3.8, 4) is 12.3 Å². The molecule has 1 aliphatic rings. The fourth-order valence-electron chi connectivity index (χ4n) is 2.74. The molecule has 0 amide bonds. The van der Waals surface area contributed by atoms with Gasteiger partial charge in [-0.1, -0.05) is 54.6 Å². The maximum Gasteiger partial charge on any atom is 0.310 e. The zero-order valence-corrected chi connectivity index (χ0v) is 15.4. The quantitative estimate of drug-likeness (QED) is 0.378. The molecule has 1 aromatic carbocycles. The van der Waals surface area contributed by atoms with Gasteiger partial charge in [-0.2, -0.15) is 0 Å². The van der Waals surface area contributed by atoms with E-state index >= 15 is 0 Å². The number of carbonyl (C=O) groups is 1. The molecule has 0 bridgehead atoms. The molecule has 2 rings (SSSR count). The van der Waals surface area contributed by atoms with Gasteiger partial charge in [-0.3, -0.25) is 4.79 Å². The SMILES string of the molecule is C#Cc1c(F)c(F)c(COC(=O)[C@@H]2[C@@H](C=C(Cl)Cl)C2(C)C)c(Cl)c1F. The van der Waals surface area contributed by atoms with Crippen LogP contribution in [0.15, 0.2) is 10.6 Å². The number of esters is 1. The normalized spacial score (nSPS) is 20.6. The second kappa shape index (κ2) is 7.11. The summed E-state index contributed by atoms with van der Waals surface area (Å²) < 4.78 is 46.6. The molecule has 1 aliphatic carbocycles. The minimum Gasteiger partial charge on any atom is -0.460 e. The van der Waals surface area contributed by atoms with Crippen molar-refractivity contribution in [1.82, 2.24) is 0 Å². The Morgan fingerprint density at radius 2 is 1.88 bits per heavy atom. The molecule has 0 heterocycles. The van der Waals surface area contributed by atoms with Crippen LogP contribution in [0.5, 0.6) is 0 Å². The van der Waals surface area contributed by atoms with E-state index in [4.69, 9.17) is 46.0 Å². The van der Waals surface area contributed by atoms with E-state index in [1.54, 1.807) is 19.8 Å². The molecule has 25 heavy (non-hydrogen) atoms. The van der Waals surface area contributed by atoms with E-state index in [-0.39, 0.29) is 10.4 Å². The topological polar surface area (TPSA) is 26.3 Å². The van der Waals surface area contributed by atoms with Gasteiger partial charge in [0, 0.05) is 5.56 Å². The Morgan fingerprint density at radius 3 is 2.40 bits per heavy atom. The van der Waals surface area contributed by atoms with Crippen LogP contribution < -0.4 is 0 Å². The zero-order valence-electron chi connectivity index (χ0n) is 13.1. The maximum atomic E-state index is 14.0. The number of ether oxygens (including phenoxy) is 1. The Hall–Kier alpha value is -1.35. The molecule has 0 radical (unpaired) electrons. The predicted molar refractivity (Wildman–Crippen MR) is 89.6 cm³/mol. The van der Waals surface area contributed by atoms with Gasteiger partial charge in [-0.05, 0) is 17.4 Å². The summed E-state index contributed by atoms with van der Waals surface area (Å²) in [7, 11) is 0. The van der Waals surface area contributed by atoms with Crippen LogP contribution in [0.1, 0.15) is 25.0 Å².